The maximum Gasteiger partial charge on any atom is 0.410 e. The molecule has 0 saturated heterocycles. The first-order valence-electron chi connectivity index (χ1n) is 8.77. The summed E-state index contributed by atoms with van der Waals surface area (Å²) in [6.07, 6.45) is -0.411. The lowest BCUT2D eigenvalue weighted by atomic mass is 10.1. The molecule has 0 saturated carbocycles. The molecule has 0 bridgehead atoms. The van der Waals surface area contributed by atoms with Gasteiger partial charge in [0.2, 0.25) is 0 Å². The number of nitrogens with zero attached hydrogens (tertiary/aromatic N) is 1. The molecular weight excluding hydrogens is 380 g/mol. The summed E-state index contributed by atoms with van der Waals surface area (Å²) < 4.78 is 10.6. The van der Waals surface area contributed by atoms with Crippen LogP contribution in [0.2, 0.25) is 5.02 Å². The zero-order valence-corrected chi connectivity index (χ0v) is 17.5. The molecule has 7 heteroatoms. The SMILES string of the molecule is COc1ccc(Cl)cc1C(=O)Nc1cccc(CN(C)C(=O)OC(C)(C)C)c1. The molecule has 0 unspecified atom stereocenters. The van der Waals surface area contributed by atoms with E-state index in [0.29, 0.717) is 28.6 Å². The fourth-order valence-corrected chi connectivity index (χ4v) is 2.65. The van der Waals surface area contributed by atoms with Gasteiger partial charge in [-0.05, 0) is 56.7 Å². The van der Waals surface area contributed by atoms with Crippen molar-refractivity contribution in [1.29, 1.82) is 0 Å². The van der Waals surface area contributed by atoms with Gasteiger partial charge in [0.1, 0.15) is 11.4 Å². The number of benzene rings is 2. The second-order valence-electron chi connectivity index (χ2n) is 7.34. The van der Waals surface area contributed by atoms with E-state index in [1.54, 1.807) is 37.4 Å². The Kier molecular flexibility index (Phi) is 6.91. The molecule has 28 heavy (non-hydrogen) atoms. The van der Waals surface area contributed by atoms with E-state index < -0.39 is 11.7 Å². The first-order chi connectivity index (χ1) is 13.1. The lowest BCUT2D eigenvalue weighted by molar-refractivity contribution is 0.0285. The molecule has 0 aliphatic heterocycles. The highest BCUT2D eigenvalue weighted by molar-refractivity contribution is 6.31. The molecule has 0 spiro atoms. The quantitative estimate of drug-likeness (QED) is 0.764. The molecule has 0 aromatic heterocycles. The summed E-state index contributed by atoms with van der Waals surface area (Å²) in [7, 11) is 3.16. The van der Waals surface area contributed by atoms with E-state index in [1.807, 2.05) is 32.9 Å². The van der Waals surface area contributed by atoms with Crippen LogP contribution < -0.4 is 10.1 Å². The van der Waals surface area contributed by atoms with Gasteiger partial charge in [-0.15, -0.1) is 0 Å². The average molecular weight is 405 g/mol. The van der Waals surface area contributed by atoms with Crippen molar-refractivity contribution in [1.82, 2.24) is 4.90 Å². The Labute approximate surface area is 170 Å². The number of ether oxygens (including phenoxy) is 2. The van der Waals surface area contributed by atoms with E-state index in [2.05, 4.69) is 5.32 Å². The topological polar surface area (TPSA) is 67.9 Å². The zero-order valence-electron chi connectivity index (χ0n) is 16.7. The summed E-state index contributed by atoms with van der Waals surface area (Å²) in [5, 5.41) is 3.27. The van der Waals surface area contributed by atoms with E-state index in [4.69, 9.17) is 21.1 Å². The Morgan fingerprint density at radius 2 is 1.86 bits per heavy atom. The first-order valence-corrected chi connectivity index (χ1v) is 9.15. The normalized spacial score (nSPS) is 10.9. The van der Waals surface area contributed by atoms with Crippen LogP contribution in [-0.4, -0.2) is 36.7 Å². The molecule has 0 radical (unpaired) electrons. The van der Waals surface area contributed by atoms with Crippen LogP contribution >= 0.6 is 11.6 Å². The molecule has 0 aliphatic rings. The number of hydrogen-bond donors (Lipinski definition) is 1. The minimum Gasteiger partial charge on any atom is -0.496 e. The summed E-state index contributed by atoms with van der Waals surface area (Å²) in [5.41, 5.74) is 1.23. The van der Waals surface area contributed by atoms with Crippen LogP contribution in [0.4, 0.5) is 10.5 Å². The molecule has 1 N–H and O–H groups in total. The molecule has 0 fully saturated rings. The van der Waals surface area contributed by atoms with Gasteiger partial charge in [-0.2, -0.15) is 0 Å². The van der Waals surface area contributed by atoms with Gasteiger partial charge < -0.3 is 19.7 Å². The average Bonchev–Trinajstić information content (AvgIpc) is 2.60. The Morgan fingerprint density at radius 3 is 2.50 bits per heavy atom. The fraction of sp³-hybridized carbons (Fsp3) is 0.333. The second kappa shape index (κ2) is 8.97. The Bertz CT molecular complexity index is 862. The summed E-state index contributed by atoms with van der Waals surface area (Å²) in [4.78, 5) is 26.2. The third-order valence-corrected chi connectivity index (χ3v) is 3.95. The van der Waals surface area contributed by atoms with Gasteiger partial charge in [0.05, 0.1) is 12.7 Å². The van der Waals surface area contributed by atoms with Crippen molar-refractivity contribution < 1.29 is 19.1 Å². The standard InChI is InChI=1S/C21H25ClN2O4/c1-21(2,3)28-20(26)24(4)13-14-7-6-8-16(11-14)23-19(25)17-12-15(22)9-10-18(17)27-5/h6-12H,13H2,1-5H3,(H,23,25). The van der Waals surface area contributed by atoms with Crippen LogP contribution in [0.15, 0.2) is 42.5 Å². The van der Waals surface area contributed by atoms with Crippen LogP contribution in [0, 0.1) is 0 Å². The molecule has 2 aromatic carbocycles. The van der Waals surface area contributed by atoms with E-state index in [1.165, 1.54) is 12.0 Å². The van der Waals surface area contributed by atoms with Crippen LogP contribution in [0.3, 0.4) is 0 Å². The maximum atomic E-state index is 12.6. The Hall–Kier alpha value is -2.73. The molecule has 2 aromatic rings. The van der Waals surface area contributed by atoms with Gasteiger partial charge in [-0.3, -0.25) is 4.79 Å². The number of nitrogens with one attached hydrogen (secondary N) is 1. The lowest BCUT2D eigenvalue weighted by Gasteiger charge is -2.24. The van der Waals surface area contributed by atoms with Gasteiger partial charge in [0.25, 0.3) is 5.91 Å². The zero-order chi connectivity index (χ0) is 20.9. The lowest BCUT2D eigenvalue weighted by Crippen LogP contribution is -2.33. The number of amides is 2. The Morgan fingerprint density at radius 1 is 1.14 bits per heavy atom. The summed E-state index contributed by atoms with van der Waals surface area (Å²) >= 11 is 5.99. The molecule has 6 nitrogen and oxygen atoms in total. The summed E-state index contributed by atoms with van der Waals surface area (Å²) in [6.45, 7) is 5.80. The minimum absolute atomic E-state index is 0.336. The highest BCUT2D eigenvalue weighted by Gasteiger charge is 2.20. The van der Waals surface area contributed by atoms with Crippen molar-refractivity contribution >= 4 is 29.3 Å². The number of methoxy groups -OCH3 is 1. The highest BCUT2D eigenvalue weighted by atomic mass is 35.5. The van der Waals surface area contributed by atoms with Crippen LogP contribution in [0.5, 0.6) is 5.75 Å². The summed E-state index contributed by atoms with van der Waals surface area (Å²) in [5.74, 6) is 0.0970. The molecular formula is C21H25ClN2O4. The predicted octanol–water partition coefficient (Wildman–Crippen LogP) is 4.97. The molecule has 0 aliphatic carbocycles. The smallest absolute Gasteiger partial charge is 0.410 e. The van der Waals surface area contributed by atoms with Crippen molar-refractivity contribution in [2.24, 2.45) is 0 Å². The number of hydrogen-bond acceptors (Lipinski definition) is 4. The van der Waals surface area contributed by atoms with Crippen LogP contribution in [0.1, 0.15) is 36.7 Å². The number of rotatable bonds is 5. The first kappa shape index (κ1) is 21.6. The van der Waals surface area contributed by atoms with E-state index in [0.717, 1.165) is 5.56 Å². The molecule has 150 valence electrons. The number of carbonyl (C=O) groups is 2. The van der Waals surface area contributed by atoms with E-state index in [-0.39, 0.29) is 5.91 Å². The largest absolute Gasteiger partial charge is 0.496 e. The fourth-order valence-electron chi connectivity index (χ4n) is 2.48. The monoisotopic (exact) mass is 404 g/mol. The van der Waals surface area contributed by atoms with Crippen LogP contribution in [0.25, 0.3) is 0 Å². The van der Waals surface area contributed by atoms with Gasteiger partial charge >= 0.3 is 6.09 Å². The van der Waals surface area contributed by atoms with Gasteiger partial charge in [0.15, 0.2) is 0 Å². The second-order valence-corrected chi connectivity index (χ2v) is 7.77. The third-order valence-electron chi connectivity index (χ3n) is 3.72. The van der Waals surface area contributed by atoms with Gasteiger partial charge in [-0.1, -0.05) is 23.7 Å². The molecule has 0 heterocycles. The van der Waals surface area contributed by atoms with Crippen molar-refractivity contribution in [3.63, 3.8) is 0 Å². The molecule has 2 rings (SSSR count). The number of anilines is 1. The molecule has 0 atom stereocenters. The van der Waals surface area contributed by atoms with Gasteiger partial charge in [0, 0.05) is 24.3 Å². The van der Waals surface area contributed by atoms with E-state index in [9.17, 15) is 9.59 Å². The number of carbonyl (C=O) groups excluding carboxylic acids is 2. The molecule has 2 amide bonds. The Balaban J connectivity index is 2.10. The van der Waals surface area contributed by atoms with E-state index >= 15 is 0 Å². The summed E-state index contributed by atoms with van der Waals surface area (Å²) in [6, 6.07) is 12.1. The minimum atomic E-state index is -0.558. The van der Waals surface area contributed by atoms with Crippen molar-refractivity contribution in [3.8, 4) is 5.75 Å². The van der Waals surface area contributed by atoms with Crippen LogP contribution in [-0.2, 0) is 11.3 Å². The van der Waals surface area contributed by atoms with Crippen molar-refractivity contribution in [2.45, 2.75) is 32.9 Å². The van der Waals surface area contributed by atoms with Gasteiger partial charge in [-0.25, -0.2) is 4.79 Å². The predicted molar refractivity (Wildman–Crippen MR) is 110 cm³/mol. The maximum absolute atomic E-state index is 12.6. The number of halogens is 1. The highest BCUT2D eigenvalue weighted by Crippen LogP contribution is 2.24. The van der Waals surface area contributed by atoms with Crippen molar-refractivity contribution in [3.05, 3.63) is 58.6 Å². The third kappa shape index (κ3) is 6.16. The van der Waals surface area contributed by atoms with Crippen molar-refractivity contribution in [2.75, 3.05) is 19.5 Å².